The van der Waals surface area contributed by atoms with Crippen LogP contribution in [-0.4, -0.2) is 37.6 Å². The van der Waals surface area contributed by atoms with Gasteiger partial charge in [0.15, 0.2) is 0 Å². The summed E-state index contributed by atoms with van der Waals surface area (Å²) in [6, 6.07) is 1.39. The lowest BCUT2D eigenvalue weighted by atomic mass is 9.85. The molecule has 0 aromatic carbocycles. The van der Waals surface area contributed by atoms with Crippen LogP contribution in [0.1, 0.15) is 46.5 Å². The molecule has 0 amide bonds. The molecule has 1 aliphatic rings. The van der Waals surface area contributed by atoms with Gasteiger partial charge < -0.3 is 10.2 Å². The summed E-state index contributed by atoms with van der Waals surface area (Å²) in [6.07, 6.45) is 5.62. The summed E-state index contributed by atoms with van der Waals surface area (Å²) in [5.74, 6) is 1.58. The molecule has 16 heavy (non-hydrogen) atoms. The fourth-order valence-corrected chi connectivity index (χ4v) is 2.69. The minimum absolute atomic E-state index is 0.639. The van der Waals surface area contributed by atoms with Crippen molar-refractivity contribution in [2.45, 2.75) is 58.5 Å². The average Bonchev–Trinajstić information content (AvgIpc) is 2.19. The van der Waals surface area contributed by atoms with E-state index in [0.717, 1.165) is 24.4 Å². The van der Waals surface area contributed by atoms with Crippen molar-refractivity contribution in [1.82, 2.24) is 10.2 Å². The molecule has 3 atom stereocenters. The predicted molar refractivity (Wildman–Crippen MR) is 71.7 cm³/mol. The van der Waals surface area contributed by atoms with Crippen LogP contribution in [0.15, 0.2) is 0 Å². The molecule has 1 N–H and O–H groups in total. The summed E-state index contributed by atoms with van der Waals surface area (Å²) in [4.78, 5) is 2.30. The van der Waals surface area contributed by atoms with E-state index < -0.39 is 0 Å². The summed E-state index contributed by atoms with van der Waals surface area (Å²) in [6.45, 7) is 8.22. The molecule has 0 aromatic rings. The second-order valence-electron chi connectivity index (χ2n) is 6.15. The SMILES string of the molecule is CC(C)C(CN(C)C)NC1CCCCC1C. The Bertz CT molecular complexity index is 189. The lowest BCUT2D eigenvalue weighted by molar-refractivity contribution is 0.209. The summed E-state index contributed by atoms with van der Waals surface area (Å²) in [5.41, 5.74) is 0. The van der Waals surface area contributed by atoms with Gasteiger partial charge >= 0.3 is 0 Å². The third-order valence-corrected chi connectivity index (χ3v) is 3.91. The van der Waals surface area contributed by atoms with Crippen LogP contribution in [0.5, 0.6) is 0 Å². The molecule has 3 unspecified atom stereocenters. The maximum atomic E-state index is 3.89. The smallest absolute Gasteiger partial charge is 0.0220 e. The maximum absolute atomic E-state index is 3.89. The molecular weight excluding hydrogens is 196 g/mol. The Balaban J connectivity index is 2.46. The highest BCUT2D eigenvalue weighted by Gasteiger charge is 2.25. The molecule has 1 aliphatic carbocycles. The van der Waals surface area contributed by atoms with Gasteiger partial charge in [-0.15, -0.1) is 0 Å². The topological polar surface area (TPSA) is 15.3 Å². The van der Waals surface area contributed by atoms with Gasteiger partial charge in [0, 0.05) is 18.6 Å². The molecule has 1 rings (SSSR count). The van der Waals surface area contributed by atoms with Crippen LogP contribution in [0, 0.1) is 11.8 Å². The first-order valence-electron chi connectivity index (χ1n) is 6.91. The second-order valence-corrected chi connectivity index (χ2v) is 6.15. The van der Waals surface area contributed by atoms with E-state index in [4.69, 9.17) is 0 Å². The molecule has 0 aromatic heterocycles. The van der Waals surface area contributed by atoms with E-state index in [-0.39, 0.29) is 0 Å². The number of hydrogen-bond donors (Lipinski definition) is 1. The Morgan fingerprint density at radius 2 is 1.81 bits per heavy atom. The van der Waals surface area contributed by atoms with E-state index in [0.29, 0.717) is 6.04 Å². The molecule has 0 radical (unpaired) electrons. The summed E-state index contributed by atoms with van der Waals surface area (Å²) in [5, 5.41) is 3.89. The lowest BCUT2D eigenvalue weighted by Crippen LogP contribution is -2.49. The van der Waals surface area contributed by atoms with Crippen molar-refractivity contribution in [2.24, 2.45) is 11.8 Å². The Kier molecular flexibility index (Phi) is 5.77. The van der Waals surface area contributed by atoms with Crippen molar-refractivity contribution < 1.29 is 0 Å². The number of nitrogens with one attached hydrogen (secondary N) is 1. The monoisotopic (exact) mass is 226 g/mol. The molecule has 1 fully saturated rings. The maximum Gasteiger partial charge on any atom is 0.0220 e. The van der Waals surface area contributed by atoms with Gasteiger partial charge in [0.2, 0.25) is 0 Å². The van der Waals surface area contributed by atoms with Gasteiger partial charge in [-0.05, 0) is 38.8 Å². The fraction of sp³-hybridized carbons (Fsp3) is 1.00. The van der Waals surface area contributed by atoms with E-state index in [2.05, 4.69) is 45.1 Å². The van der Waals surface area contributed by atoms with E-state index >= 15 is 0 Å². The van der Waals surface area contributed by atoms with Crippen LogP contribution in [0.2, 0.25) is 0 Å². The van der Waals surface area contributed by atoms with E-state index in [9.17, 15) is 0 Å². The molecule has 0 aliphatic heterocycles. The van der Waals surface area contributed by atoms with Gasteiger partial charge in [-0.2, -0.15) is 0 Å². The highest BCUT2D eigenvalue weighted by molar-refractivity contribution is 4.84. The first-order valence-corrected chi connectivity index (χ1v) is 6.91. The molecule has 2 nitrogen and oxygen atoms in total. The van der Waals surface area contributed by atoms with Crippen LogP contribution in [0.3, 0.4) is 0 Å². The fourth-order valence-electron chi connectivity index (χ4n) is 2.69. The Morgan fingerprint density at radius 3 is 2.31 bits per heavy atom. The zero-order chi connectivity index (χ0) is 12.1. The standard InChI is InChI=1S/C14H30N2/c1-11(2)14(10-16(4)5)15-13-9-7-6-8-12(13)3/h11-15H,6-10H2,1-5H3. The molecule has 96 valence electrons. The third-order valence-electron chi connectivity index (χ3n) is 3.91. The zero-order valence-electron chi connectivity index (χ0n) is 11.8. The van der Waals surface area contributed by atoms with Crippen LogP contribution in [0.25, 0.3) is 0 Å². The highest BCUT2D eigenvalue weighted by Crippen LogP contribution is 2.24. The van der Waals surface area contributed by atoms with Crippen molar-refractivity contribution in [3.63, 3.8) is 0 Å². The molecule has 1 saturated carbocycles. The molecule has 2 heteroatoms. The summed E-state index contributed by atoms with van der Waals surface area (Å²) in [7, 11) is 4.34. The molecular formula is C14H30N2. The highest BCUT2D eigenvalue weighted by atomic mass is 15.1. The Labute approximate surface area is 102 Å². The normalized spacial score (nSPS) is 28.7. The predicted octanol–water partition coefficient (Wildman–Crippen LogP) is 2.74. The summed E-state index contributed by atoms with van der Waals surface area (Å²) < 4.78 is 0. The van der Waals surface area contributed by atoms with Gasteiger partial charge in [0.05, 0.1) is 0 Å². The first-order chi connectivity index (χ1) is 7.50. The molecule has 0 bridgehead atoms. The molecule has 0 heterocycles. The minimum Gasteiger partial charge on any atom is -0.309 e. The van der Waals surface area contributed by atoms with Crippen molar-refractivity contribution >= 4 is 0 Å². The quantitative estimate of drug-likeness (QED) is 0.775. The number of likely N-dealkylation sites (N-methyl/N-ethyl adjacent to an activating group) is 1. The van der Waals surface area contributed by atoms with E-state index in [1.165, 1.54) is 25.7 Å². The van der Waals surface area contributed by atoms with Crippen molar-refractivity contribution in [3.8, 4) is 0 Å². The largest absolute Gasteiger partial charge is 0.309 e. The van der Waals surface area contributed by atoms with Crippen molar-refractivity contribution in [1.29, 1.82) is 0 Å². The zero-order valence-corrected chi connectivity index (χ0v) is 11.8. The lowest BCUT2D eigenvalue weighted by Gasteiger charge is -2.36. The number of hydrogen-bond acceptors (Lipinski definition) is 2. The van der Waals surface area contributed by atoms with Crippen LogP contribution >= 0.6 is 0 Å². The van der Waals surface area contributed by atoms with Gasteiger partial charge in [-0.1, -0.05) is 33.6 Å². The first kappa shape index (κ1) is 14.0. The van der Waals surface area contributed by atoms with E-state index in [1.54, 1.807) is 0 Å². The summed E-state index contributed by atoms with van der Waals surface area (Å²) >= 11 is 0. The van der Waals surface area contributed by atoms with Gasteiger partial charge in [0.25, 0.3) is 0 Å². The van der Waals surface area contributed by atoms with Crippen LogP contribution in [-0.2, 0) is 0 Å². The van der Waals surface area contributed by atoms with Gasteiger partial charge in [0.1, 0.15) is 0 Å². The second kappa shape index (κ2) is 6.61. The average molecular weight is 226 g/mol. The van der Waals surface area contributed by atoms with E-state index in [1.807, 2.05) is 0 Å². The molecule has 0 saturated heterocycles. The van der Waals surface area contributed by atoms with Gasteiger partial charge in [-0.3, -0.25) is 0 Å². The molecule has 0 spiro atoms. The van der Waals surface area contributed by atoms with Gasteiger partial charge in [-0.25, -0.2) is 0 Å². The van der Waals surface area contributed by atoms with Crippen molar-refractivity contribution in [2.75, 3.05) is 20.6 Å². The minimum atomic E-state index is 0.639. The van der Waals surface area contributed by atoms with Crippen LogP contribution in [0.4, 0.5) is 0 Å². The Hall–Kier alpha value is -0.0800. The number of nitrogens with zero attached hydrogens (tertiary/aromatic N) is 1. The van der Waals surface area contributed by atoms with Crippen LogP contribution < -0.4 is 5.32 Å². The third kappa shape index (κ3) is 4.42. The Morgan fingerprint density at radius 1 is 1.19 bits per heavy atom. The van der Waals surface area contributed by atoms with Crippen molar-refractivity contribution in [3.05, 3.63) is 0 Å². The number of rotatable bonds is 5.